The molecule has 4 aliphatic rings. The number of benzene rings is 2. The van der Waals surface area contributed by atoms with Crippen molar-refractivity contribution in [3.8, 4) is 11.5 Å². The van der Waals surface area contributed by atoms with E-state index < -0.39 is 0 Å². The van der Waals surface area contributed by atoms with E-state index in [0.29, 0.717) is 31.1 Å². The lowest BCUT2D eigenvalue weighted by atomic mass is 9.64. The molecule has 55 heavy (non-hydrogen) atoms. The normalized spacial score (nSPS) is 25.9. The number of H-pyrrole nitrogens is 1. The fraction of sp³-hybridized carbons (Fsp3) is 0.510. The first-order chi connectivity index (χ1) is 26.8. The highest BCUT2D eigenvalue weighted by Gasteiger charge is 2.41. The zero-order valence-corrected chi connectivity index (χ0v) is 33.9. The van der Waals surface area contributed by atoms with Gasteiger partial charge in [-0.2, -0.15) is 0 Å². The zero-order chi connectivity index (χ0) is 38.8. The first-order valence-corrected chi connectivity index (χ1v) is 20.8. The van der Waals surface area contributed by atoms with Crippen LogP contribution in [0.1, 0.15) is 95.5 Å². The van der Waals surface area contributed by atoms with Gasteiger partial charge in [0, 0.05) is 47.0 Å². The number of fused-ring (bicyclic) bond motifs is 3. The zero-order valence-electron chi connectivity index (χ0n) is 33.9. The Morgan fingerprint density at radius 2 is 1.75 bits per heavy atom. The second kappa shape index (κ2) is 19.2. The number of hydrogen-bond donors (Lipinski definition) is 2. The number of aromatic nitrogens is 1. The Balaban J connectivity index is 0.000000187. The second-order valence-electron chi connectivity index (χ2n) is 16.8. The number of nitrogens with one attached hydrogen (secondary N) is 1. The van der Waals surface area contributed by atoms with Gasteiger partial charge in [0.05, 0.1) is 26.6 Å². The summed E-state index contributed by atoms with van der Waals surface area (Å²) >= 11 is 0. The molecule has 4 aliphatic carbocycles. The van der Waals surface area contributed by atoms with Crippen LogP contribution in [0.5, 0.6) is 11.5 Å². The molecule has 0 amide bonds. The molecular weight excluding hydrogens is 681 g/mol. The largest absolute Gasteiger partial charge is 0.502 e. The van der Waals surface area contributed by atoms with Gasteiger partial charge in [-0.1, -0.05) is 94.3 Å². The van der Waals surface area contributed by atoms with Crippen molar-refractivity contribution in [2.45, 2.75) is 96.0 Å². The third-order valence-electron chi connectivity index (χ3n) is 13.0. The molecule has 6 nitrogen and oxygen atoms in total. The van der Waals surface area contributed by atoms with Crippen molar-refractivity contribution < 1.29 is 18.9 Å². The van der Waals surface area contributed by atoms with Gasteiger partial charge in [-0.15, -0.1) is 0 Å². The summed E-state index contributed by atoms with van der Waals surface area (Å²) in [4.78, 5) is 3.36. The van der Waals surface area contributed by atoms with E-state index in [0.717, 1.165) is 76.4 Å². The average molecular weight is 747 g/mol. The third-order valence-corrected chi connectivity index (χ3v) is 13.0. The van der Waals surface area contributed by atoms with Crippen LogP contribution in [-0.4, -0.2) is 45.6 Å². The molecule has 2 aromatic carbocycles. The highest BCUT2D eigenvalue weighted by molar-refractivity contribution is 5.82. The number of aromatic amines is 1. The van der Waals surface area contributed by atoms with Crippen LogP contribution in [0.3, 0.4) is 0 Å². The van der Waals surface area contributed by atoms with Crippen molar-refractivity contribution in [1.82, 2.24) is 4.98 Å². The smallest absolute Gasteiger partial charge is 0.162 e. The lowest BCUT2D eigenvalue weighted by Gasteiger charge is -2.42. The summed E-state index contributed by atoms with van der Waals surface area (Å²) in [6.45, 7) is 13.6. The monoisotopic (exact) mass is 747 g/mol. The molecule has 0 radical (unpaired) electrons. The van der Waals surface area contributed by atoms with Crippen LogP contribution in [0.4, 0.5) is 0 Å². The van der Waals surface area contributed by atoms with Crippen LogP contribution in [0, 0.1) is 29.1 Å². The van der Waals surface area contributed by atoms with Gasteiger partial charge in [0.15, 0.2) is 11.5 Å². The minimum absolute atomic E-state index is 0.0137. The maximum absolute atomic E-state index is 6.44. The quantitative estimate of drug-likeness (QED) is 0.120. The van der Waals surface area contributed by atoms with Crippen molar-refractivity contribution in [3.05, 3.63) is 107 Å². The van der Waals surface area contributed by atoms with Gasteiger partial charge in [-0.3, -0.25) is 0 Å². The van der Waals surface area contributed by atoms with Crippen molar-refractivity contribution >= 4 is 23.6 Å². The van der Waals surface area contributed by atoms with Gasteiger partial charge in [-0.25, -0.2) is 0 Å². The minimum Gasteiger partial charge on any atom is -0.502 e. The first-order valence-electron chi connectivity index (χ1n) is 20.8. The maximum atomic E-state index is 6.44. The van der Waals surface area contributed by atoms with E-state index in [1.54, 1.807) is 21.3 Å². The highest BCUT2D eigenvalue weighted by Crippen LogP contribution is 2.48. The summed E-state index contributed by atoms with van der Waals surface area (Å²) < 4.78 is 22.9. The Morgan fingerprint density at radius 1 is 0.945 bits per heavy atom. The number of ether oxygens (including phenoxy) is 4. The molecule has 1 heterocycles. The fourth-order valence-corrected chi connectivity index (χ4v) is 10.2. The van der Waals surface area contributed by atoms with Crippen LogP contribution in [0.2, 0.25) is 0 Å². The van der Waals surface area contributed by atoms with E-state index in [9.17, 15) is 0 Å². The first kappa shape index (κ1) is 40.7. The molecular formula is C49H66N2O4. The molecule has 6 heteroatoms. The van der Waals surface area contributed by atoms with Gasteiger partial charge in [0.25, 0.3) is 0 Å². The van der Waals surface area contributed by atoms with Crippen molar-refractivity contribution in [2.24, 2.45) is 34.8 Å². The Kier molecular flexibility index (Phi) is 14.2. The van der Waals surface area contributed by atoms with E-state index >= 15 is 0 Å². The molecule has 4 fully saturated rings. The lowest BCUT2D eigenvalue weighted by molar-refractivity contribution is 0.133. The number of rotatable bonds is 15. The average Bonchev–Trinajstić information content (AvgIpc) is 4.02. The molecule has 3 N–H and O–H groups in total. The minimum atomic E-state index is 0.0137. The number of para-hydroxylation sites is 1. The molecule has 0 saturated heterocycles. The molecule has 4 saturated carbocycles. The molecule has 1 aromatic heterocycles. The standard InChI is InChI=1S/C25H41NO2.C24H25NO2/c1-5-9-24(16-23(18-27-3)15-21-10-6-7-11-21)25(19-26)13-8-12-22(17-25)14-20(2)28-4;1-15-20(19-5-3-4-6-21(19)25-15)12-17-8-10-22(26-2)24(14-17)27-23-13-16-7-9-18(23)11-16/h5,9,16,21-22H,1-2,6-8,10-15,17-19,26H2,3-4H3;3-6,8,10,12,14,16,18,23,25H,1,7,9,11,13H2,2H3/b23-16-,24-9+;20-12-. The molecule has 296 valence electrons. The van der Waals surface area contributed by atoms with Gasteiger partial charge in [0.2, 0.25) is 0 Å². The molecule has 3 aromatic rings. The predicted octanol–water partition coefficient (Wildman–Crippen LogP) is 9.92. The third kappa shape index (κ3) is 10.1. The Labute approximate surface area is 330 Å². The molecule has 2 bridgehead atoms. The Bertz CT molecular complexity index is 1930. The van der Waals surface area contributed by atoms with E-state index in [-0.39, 0.29) is 5.41 Å². The molecule has 7 rings (SSSR count). The highest BCUT2D eigenvalue weighted by atomic mass is 16.5. The summed E-state index contributed by atoms with van der Waals surface area (Å²) in [5.74, 6) is 5.51. The molecule has 5 atom stereocenters. The molecule has 5 unspecified atom stereocenters. The van der Waals surface area contributed by atoms with Gasteiger partial charge in [0.1, 0.15) is 6.10 Å². The molecule has 0 spiro atoms. The maximum Gasteiger partial charge on any atom is 0.162 e. The SMILES string of the molecule is C=C/C=C(\C=C(/COC)CC1CCCC1)C1(CN)CCCC(CC(=C)OC)C1.C=c1[nH]c2ccccc2/c1=C\c1ccc(OC)c(OC2CC3CCC2C3)c1. The van der Waals surface area contributed by atoms with E-state index in [1.165, 1.54) is 80.7 Å². The van der Waals surface area contributed by atoms with Crippen LogP contribution < -0.4 is 25.8 Å². The van der Waals surface area contributed by atoms with Crippen molar-refractivity contribution in [3.63, 3.8) is 0 Å². The number of methoxy groups -OCH3 is 3. The summed E-state index contributed by atoms with van der Waals surface area (Å²) in [6.07, 6.45) is 26.4. The van der Waals surface area contributed by atoms with Crippen LogP contribution in [0.25, 0.3) is 23.6 Å². The number of nitrogens with two attached hydrogens (primary N) is 1. The number of allylic oxidation sites excluding steroid dienone is 4. The van der Waals surface area contributed by atoms with Crippen LogP contribution in [0.15, 0.2) is 90.8 Å². The van der Waals surface area contributed by atoms with Crippen molar-refractivity contribution in [1.29, 1.82) is 0 Å². The Morgan fingerprint density at radius 3 is 2.44 bits per heavy atom. The van der Waals surface area contributed by atoms with Gasteiger partial charge in [-0.05, 0) is 116 Å². The summed E-state index contributed by atoms with van der Waals surface area (Å²) in [5.41, 5.74) is 11.4. The predicted molar refractivity (Wildman–Crippen MR) is 229 cm³/mol. The van der Waals surface area contributed by atoms with Gasteiger partial charge < -0.3 is 29.7 Å². The topological polar surface area (TPSA) is 78.7 Å². The van der Waals surface area contributed by atoms with E-state index in [4.69, 9.17) is 24.7 Å². The van der Waals surface area contributed by atoms with Crippen molar-refractivity contribution in [2.75, 3.05) is 34.5 Å². The summed E-state index contributed by atoms with van der Waals surface area (Å²) in [6, 6.07) is 14.5. The van der Waals surface area contributed by atoms with Gasteiger partial charge >= 0.3 is 0 Å². The summed E-state index contributed by atoms with van der Waals surface area (Å²) in [7, 11) is 5.22. The van der Waals surface area contributed by atoms with E-state index in [2.05, 4.69) is 73.3 Å². The fourth-order valence-electron chi connectivity index (χ4n) is 10.2. The summed E-state index contributed by atoms with van der Waals surface area (Å²) in [5, 5.41) is 3.25. The number of hydrogen-bond acceptors (Lipinski definition) is 5. The Hall–Kier alpha value is -4.00. The molecule has 0 aliphatic heterocycles. The lowest BCUT2D eigenvalue weighted by Crippen LogP contribution is -2.37. The second-order valence-corrected chi connectivity index (χ2v) is 16.8. The van der Waals surface area contributed by atoms with Crippen LogP contribution in [-0.2, 0) is 9.47 Å². The van der Waals surface area contributed by atoms with E-state index in [1.807, 2.05) is 18.2 Å². The van der Waals surface area contributed by atoms with Crippen LogP contribution >= 0.6 is 0 Å².